The molecule has 2 aromatic rings. The quantitative estimate of drug-likeness (QED) is 0.830. The average Bonchev–Trinajstić information content (AvgIpc) is 3.10. The molecule has 2 heterocycles. The lowest BCUT2D eigenvalue weighted by atomic mass is 10.1. The van der Waals surface area contributed by atoms with Crippen LogP contribution in [0.4, 0.5) is 10.5 Å². The Morgan fingerprint density at radius 1 is 1.21 bits per heavy atom. The van der Waals surface area contributed by atoms with E-state index in [0.29, 0.717) is 0 Å². The molecule has 0 spiro atoms. The van der Waals surface area contributed by atoms with Crippen LogP contribution in [0.5, 0.6) is 0 Å². The Kier molecular flexibility index (Phi) is 6.70. The average molecular weight is 386 g/mol. The number of carbonyl (C=O) groups is 1. The van der Waals surface area contributed by atoms with Gasteiger partial charge in [-0.15, -0.1) is 0 Å². The normalized spacial score (nSPS) is 15.2. The summed E-state index contributed by atoms with van der Waals surface area (Å²) in [7, 11) is 1.72. The Bertz CT molecular complexity index is 794. The number of carbonyl (C=O) groups excluding carboxylic acids is 1. The lowest BCUT2D eigenvalue weighted by molar-refractivity contribution is 0.109. The van der Waals surface area contributed by atoms with Crippen molar-refractivity contribution in [3.05, 3.63) is 41.7 Å². The Morgan fingerprint density at radius 3 is 2.57 bits per heavy atom. The summed E-state index contributed by atoms with van der Waals surface area (Å²) in [5.41, 5.74) is 3.99. The van der Waals surface area contributed by atoms with Crippen LogP contribution < -0.4 is 5.32 Å². The number of aryl methyl sites for hydroxylation is 1. The fourth-order valence-corrected chi connectivity index (χ4v) is 3.59. The van der Waals surface area contributed by atoms with Gasteiger partial charge in [0.2, 0.25) is 0 Å². The summed E-state index contributed by atoms with van der Waals surface area (Å²) < 4.78 is 7.08. The van der Waals surface area contributed by atoms with E-state index in [1.54, 1.807) is 13.3 Å². The topological polar surface area (TPSA) is 62.6 Å². The SMILES string of the molecule is COCCN1CCN(C(=O)Nc2cnn(-c3ccccc3C)c2C(C)C)CC1. The van der Waals surface area contributed by atoms with Gasteiger partial charge in [-0.05, 0) is 24.5 Å². The van der Waals surface area contributed by atoms with Gasteiger partial charge in [-0.2, -0.15) is 5.10 Å². The summed E-state index contributed by atoms with van der Waals surface area (Å²) in [5, 5.41) is 7.66. The summed E-state index contributed by atoms with van der Waals surface area (Å²) >= 11 is 0. The fraction of sp³-hybridized carbons (Fsp3) is 0.524. The Hall–Kier alpha value is -2.38. The molecule has 2 amide bonds. The van der Waals surface area contributed by atoms with E-state index in [1.807, 2.05) is 21.7 Å². The molecule has 3 rings (SSSR count). The Balaban J connectivity index is 1.71. The van der Waals surface area contributed by atoms with Crippen molar-refractivity contribution in [3.63, 3.8) is 0 Å². The molecule has 0 aliphatic carbocycles. The van der Waals surface area contributed by atoms with E-state index in [9.17, 15) is 4.79 Å². The van der Waals surface area contributed by atoms with Gasteiger partial charge in [-0.3, -0.25) is 4.90 Å². The van der Waals surface area contributed by atoms with Gasteiger partial charge in [0.15, 0.2) is 0 Å². The third kappa shape index (κ3) is 4.54. The zero-order valence-corrected chi connectivity index (χ0v) is 17.3. The van der Waals surface area contributed by atoms with Gasteiger partial charge in [0, 0.05) is 39.8 Å². The molecular formula is C21H31N5O2. The monoisotopic (exact) mass is 385 g/mol. The number of aromatic nitrogens is 2. The van der Waals surface area contributed by atoms with Crippen LogP contribution in [0.3, 0.4) is 0 Å². The zero-order chi connectivity index (χ0) is 20.1. The van der Waals surface area contributed by atoms with Crippen molar-refractivity contribution in [1.82, 2.24) is 19.6 Å². The first-order valence-electron chi connectivity index (χ1n) is 9.92. The van der Waals surface area contributed by atoms with Gasteiger partial charge in [0.1, 0.15) is 0 Å². The number of nitrogens with zero attached hydrogens (tertiary/aromatic N) is 4. The van der Waals surface area contributed by atoms with Crippen LogP contribution in [0, 0.1) is 6.92 Å². The summed E-state index contributed by atoms with van der Waals surface area (Å²) in [5.74, 6) is 0.225. The zero-order valence-electron chi connectivity index (χ0n) is 17.3. The summed E-state index contributed by atoms with van der Waals surface area (Å²) in [6, 6.07) is 8.10. The maximum atomic E-state index is 12.8. The third-order valence-corrected chi connectivity index (χ3v) is 5.21. The number of amides is 2. The maximum Gasteiger partial charge on any atom is 0.322 e. The number of para-hydroxylation sites is 1. The van der Waals surface area contributed by atoms with E-state index in [2.05, 4.69) is 48.2 Å². The van der Waals surface area contributed by atoms with Crippen molar-refractivity contribution in [2.75, 3.05) is 51.8 Å². The van der Waals surface area contributed by atoms with E-state index in [0.717, 1.165) is 62.0 Å². The van der Waals surface area contributed by atoms with E-state index < -0.39 is 0 Å². The number of piperazine rings is 1. The molecule has 0 bridgehead atoms. The van der Waals surface area contributed by atoms with Crippen molar-refractivity contribution < 1.29 is 9.53 Å². The number of urea groups is 1. The molecule has 0 saturated carbocycles. The minimum Gasteiger partial charge on any atom is -0.383 e. The number of nitrogens with one attached hydrogen (secondary N) is 1. The molecule has 0 radical (unpaired) electrons. The van der Waals surface area contributed by atoms with Gasteiger partial charge in [-0.1, -0.05) is 32.0 Å². The number of ether oxygens (including phenoxy) is 1. The molecular weight excluding hydrogens is 354 g/mol. The third-order valence-electron chi connectivity index (χ3n) is 5.21. The summed E-state index contributed by atoms with van der Waals surface area (Å²) in [4.78, 5) is 17.0. The molecule has 152 valence electrons. The Labute approximate surface area is 167 Å². The van der Waals surface area contributed by atoms with Crippen molar-refractivity contribution in [2.45, 2.75) is 26.7 Å². The van der Waals surface area contributed by atoms with Crippen LogP contribution in [-0.2, 0) is 4.74 Å². The molecule has 1 fully saturated rings. The van der Waals surface area contributed by atoms with Gasteiger partial charge < -0.3 is 15.0 Å². The largest absolute Gasteiger partial charge is 0.383 e. The van der Waals surface area contributed by atoms with Crippen molar-refractivity contribution in [1.29, 1.82) is 0 Å². The van der Waals surface area contributed by atoms with Gasteiger partial charge in [0.05, 0.1) is 29.9 Å². The summed E-state index contributed by atoms with van der Waals surface area (Å²) in [6.45, 7) is 11.1. The van der Waals surface area contributed by atoms with E-state index >= 15 is 0 Å². The second-order valence-electron chi connectivity index (χ2n) is 7.55. The standard InChI is InChI=1S/C21H31N5O2/c1-16(2)20-18(15-22-26(20)19-8-6-5-7-17(19)3)23-21(27)25-11-9-24(10-12-25)13-14-28-4/h5-8,15-16H,9-14H2,1-4H3,(H,23,27). The van der Waals surface area contributed by atoms with Gasteiger partial charge >= 0.3 is 6.03 Å². The molecule has 1 aromatic carbocycles. The molecule has 7 heteroatoms. The molecule has 0 unspecified atom stereocenters. The van der Waals surface area contributed by atoms with Crippen LogP contribution >= 0.6 is 0 Å². The number of anilines is 1. The predicted octanol–water partition coefficient (Wildman–Crippen LogP) is 3.10. The maximum absolute atomic E-state index is 12.8. The van der Waals surface area contributed by atoms with E-state index in [4.69, 9.17) is 4.74 Å². The number of benzene rings is 1. The molecule has 1 aliphatic rings. The first kappa shape index (κ1) is 20.4. The fourth-order valence-electron chi connectivity index (χ4n) is 3.59. The molecule has 1 saturated heterocycles. The van der Waals surface area contributed by atoms with E-state index in [-0.39, 0.29) is 11.9 Å². The van der Waals surface area contributed by atoms with Crippen LogP contribution in [0.1, 0.15) is 31.0 Å². The summed E-state index contributed by atoms with van der Waals surface area (Å²) in [6.07, 6.45) is 1.76. The first-order valence-corrected chi connectivity index (χ1v) is 9.92. The number of hydrogen-bond donors (Lipinski definition) is 1. The second kappa shape index (κ2) is 9.21. The Morgan fingerprint density at radius 2 is 1.93 bits per heavy atom. The smallest absolute Gasteiger partial charge is 0.322 e. The van der Waals surface area contributed by atoms with Crippen molar-refractivity contribution in [2.24, 2.45) is 0 Å². The van der Waals surface area contributed by atoms with Gasteiger partial charge in [0.25, 0.3) is 0 Å². The molecule has 1 aromatic heterocycles. The highest BCUT2D eigenvalue weighted by Gasteiger charge is 2.23. The van der Waals surface area contributed by atoms with Crippen LogP contribution in [-0.4, -0.2) is 72.1 Å². The van der Waals surface area contributed by atoms with Crippen molar-refractivity contribution in [3.8, 4) is 5.69 Å². The molecule has 0 atom stereocenters. The van der Waals surface area contributed by atoms with Crippen LogP contribution in [0.25, 0.3) is 5.69 Å². The second-order valence-corrected chi connectivity index (χ2v) is 7.55. The van der Waals surface area contributed by atoms with Gasteiger partial charge in [-0.25, -0.2) is 9.48 Å². The lowest BCUT2D eigenvalue weighted by Gasteiger charge is -2.34. The van der Waals surface area contributed by atoms with Crippen LogP contribution in [0.2, 0.25) is 0 Å². The highest BCUT2D eigenvalue weighted by molar-refractivity contribution is 5.90. The molecule has 7 nitrogen and oxygen atoms in total. The minimum atomic E-state index is -0.0578. The number of methoxy groups -OCH3 is 1. The minimum absolute atomic E-state index is 0.0578. The van der Waals surface area contributed by atoms with Crippen LogP contribution in [0.15, 0.2) is 30.5 Å². The van der Waals surface area contributed by atoms with E-state index in [1.165, 1.54) is 0 Å². The molecule has 1 aliphatic heterocycles. The lowest BCUT2D eigenvalue weighted by Crippen LogP contribution is -2.50. The first-order chi connectivity index (χ1) is 13.5. The highest BCUT2D eigenvalue weighted by Crippen LogP contribution is 2.28. The number of hydrogen-bond acceptors (Lipinski definition) is 4. The van der Waals surface area contributed by atoms with Crippen molar-refractivity contribution >= 4 is 11.7 Å². The highest BCUT2D eigenvalue weighted by atomic mass is 16.5. The molecule has 1 N–H and O–H groups in total. The number of rotatable bonds is 6. The predicted molar refractivity (Wildman–Crippen MR) is 111 cm³/mol. The molecule has 28 heavy (non-hydrogen) atoms.